The van der Waals surface area contributed by atoms with Crippen molar-refractivity contribution in [2.24, 2.45) is 5.84 Å². The highest BCUT2D eigenvalue weighted by Gasteiger charge is 2.30. The molecule has 0 unspecified atom stereocenters. The minimum absolute atomic E-state index is 0.162. The summed E-state index contributed by atoms with van der Waals surface area (Å²) < 4.78 is 45.2. The molecule has 2 rings (SSSR count). The standard InChI is InChI=1S/C13H12F3N3O2/c14-13(15,16)21-11-6-4-10(5-7-11)20-8-9-2-1-3-12(18-9)19-17/h1-7H,8,17H2,(H,18,19). The molecule has 1 aromatic carbocycles. The van der Waals surface area contributed by atoms with Crippen LogP contribution in [0.5, 0.6) is 11.5 Å². The molecule has 3 N–H and O–H groups in total. The van der Waals surface area contributed by atoms with Gasteiger partial charge in [0.25, 0.3) is 0 Å². The Morgan fingerprint density at radius 2 is 1.71 bits per heavy atom. The molecule has 5 nitrogen and oxygen atoms in total. The van der Waals surface area contributed by atoms with Crippen LogP contribution in [-0.2, 0) is 6.61 Å². The smallest absolute Gasteiger partial charge is 0.487 e. The molecule has 0 radical (unpaired) electrons. The lowest BCUT2D eigenvalue weighted by molar-refractivity contribution is -0.274. The molecule has 0 saturated carbocycles. The molecule has 0 amide bonds. The summed E-state index contributed by atoms with van der Waals surface area (Å²) in [6.45, 7) is 0.162. The van der Waals surface area contributed by atoms with Gasteiger partial charge in [0.1, 0.15) is 23.9 Å². The third-order valence-corrected chi connectivity index (χ3v) is 2.40. The SMILES string of the molecule is NNc1cccc(COc2ccc(OC(F)(F)F)cc2)n1. The Morgan fingerprint density at radius 1 is 1.05 bits per heavy atom. The van der Waals surface area contributed by atoms with Gasteiger partial charge in [-0.1, -0.05) is 6.07 Å². The van der Waals surface area contributed by atoms with E-state index < -0.39 is 6.36 Å². The number of nitrogen functional groups attached to an aromatic ring is 1. The van der Waals surface area contributed by atoms with Crippen LogP contribution in [0.3, 0.4) is 0 Å². The largest absolute Gasteiger partial charge is 0.573 e. The van der Waals surface area contributed by atoms with Gasteiger partial charge in [-0.05, 0) is 36.4 Å². The van der Waals surface area contributed by atoms with Gasteiger partial charge in [0.2, 0.25) is 0 Å². The van der Waals surface area contributed by atoms with Crippen LogP contribution in [0, 0.1) is 0 Å². The number of hydrazine groups is 1. The monoisotopic (exact) mass is 299 g/mol. The van der Waals surface area contributed by atoms with Crippen LogP contribution >= 0.6 is 0 Å². The quantitative estimate of drug-likeness (QED) is 0.656. The van der Waals surface area contributed by atoms with Crippen molar-refractivity contribution < 1.29 is 22.6 Å². The van der Waals surface area contributed by atoms with E-state index in [-0.39, 0.29) is 12.4 Å². The Labute approximate surface area is 118 Å². The zero-order chi connectivity index (χ0) is 15.3. The van der Waals surface area contributed by atoms with Crippen LogP contribution in [0.25, 0.3) is 0 Å². The number of anilines is 1. The van der Waals surface area contributed by atoms with E-state index in [1.54, 1.807) is 18.2 Å². The van der Waals surface area contributed by atoms with Crippen molar-refractivity contribution in [3.05, 3.63) is 48.2 Å². The van der Waals surface area contributed by atoms with E-state index in [4.69, 9.17) is 10.6 Å². The van der Waals surface area contributed by atoms with Crippen LogP contribution in [0.15, 0.2) is 42.5 Å². The molecule has 0 atom stereocenters. The number of benzene rings is 1. The summed E-state index contributed by atoms with van der Waals surface area (Å²) in [6.07, 6.45) is -4.71. The summed E-state index contributed by atoms with van der Waals surface area (Å²) in [5.41, 5.74) is 3.03. The van der Waals surface area contributed by atoms with Crippen molar-refractivity contribution in [2.45, 2.75) is 13.0 Å². The minimum atomic E-state index is -4.71. The van der Waals surface area contributed by atoms with Crippen molar-refractivity contribution >= 4 is 5.82 Å². The van der Waals surface area contributed by atoms with Crippen LogP contribution in [0.4, 0.5) is 19.0 Å². The lowest BCUT2D eigenvalue weighted by Gasteiger charge is -2.10. The number of ether oxygens (including phenoxy) is 2. The molecule has 0 spiro atoms. The number of rotatable bonds is 5. The third kappa shape index (κ3) is 4.84. The van der Waals surface area contributed by atoms with E-state index in [2.05, 4.69) is 15.1 Å². The number of aromatic nitrogens is 1. The van der Waals surface area contributed by atoms with Gasteiger partial charge in [-0.2, -0.15) is 0 Å². The molecule has 0 aliphatic heterocycles. The van der Waals surface area contributed by atoms with Gasteiger partial charge in [0.05, 0.1) is 5.69 Å². The highest BCUT2D eigenvalue weighted by atomic mass is 19.4. The number of halogens is 3. The van der Waals surface area contributed by atoms with Gasteiger partial charge < -0.3 is 14.9 Å². The van der Waals surface area contributed by atoms with Crippen LogP contribution in [0.2, 0.25) is 0 Å². The minimum Gasteiger partial charge on any atom is -0.487 e. The number of nitrogens with one attached hydrogen (secondary N) is 1. The second kappa shape index (κ2) is 6.31. The number of pyridine rings is 1. The first kappa shape index (κ1) is 14.9. The average molecular weight is 299 g/mol. The fourth-order valence-electron chi connectivity index (χ4n) is 1.54. The summed E-state index contributed by atoms with van der Waals surface area (Å²) in [5, 5.41) is 0. The molecule has 0 aliphatic rings. The molecule has 0 fully saturated rings. The molecule has 1 aromatic heterocycles. The van der Waals surface area contributed by atoms with Crippen molar-refractivity contribution in [1.29, 1.82) is 0 Å². The molecule has 0 saturated heterocycles. The zero-order valence-electron chi connectivity index (χ0n) is 10.7. The predicted molar refractivity (Wildman–Crippen MR) is 69.5 cm³/mol. The van der Waals surface area contributed by atoms with Crippen LogP contribution in [-0.4, -0.2) is 11.3 Å². The number of nitrogens with two attached hydrogens (primary N) is 1. The van der Waals surface area contributed by atoms with Crippen molar-refractivity contribution in [2.75, 3.05) is 5.43 Å². The Balaban J connectivity index is 1.94. The van der Waals surface area contributed by atoms with Gasteiger partial charge in [-0.15, -0.1) is 13.2 Å². The fraction of sp³-hybridized carbons (Fsp3) is 0.154. The lowest BCUT2D eigenvalue weighted by atomic mass is 10.3. The Morgan fingerprint density at radius 3 is 2.33 bits per heavy atom. The number of hydrogen-bond donors (Lipinski definition) is 2. The maximum absolute atomic E-state index is 12.0. The number of hydrogen-bond acceptors (Lipinski definition) is 5. The Bertz CT molecular complexity index is 588. The summed E-state index contributed by atoms with van der Waals surface area (Å²) in [7, 11) is 0. The number of nitrogens with zero attached hydrogens (tertiary/aromatic N) is 1. The first-order valence-electron chi connectivity index (χ1n) is 5.87. The van der Waals surface area contributed by atoms with Gasteiger partial charge >= 0.3 is 6.36 Å². The molecule has 8 heteroatoms. The molecule has 0 aliphatic carbocycles. The van der Waals surface area contributed by atoms with E-state index in [0.29, 0.717) is 17.3 Å². The molecule has 112 valence electrons. The highest BCUT2D eigenvalue weighted by Crippen LogP contribution is 2.25. The normalized spacial score (nSPS) is 11.0. The summed E-state index contributed by atoms with van der Waals surface area (Å²) in [4.78, 5) is 4.14. The Hall–Kier alpha value is -2.48. The van der Waals surface area contributed by atoms with Crippen molar-refractivity contribution in [1.82, 2.24) is 4.98 Å². The van der Waals surface area contributed by atoms with E-state index in [1.165, 1.54) is 24.3 Å². The van der Waals surface area contributed by atoms with Gasteiger partial charge in [-0.3, -0.25) is 0 Å². The summed E-state index contributed by atoms with van der Waals surface area (Å²) in [6, 6.07) is 10.3. The number of alkyl halides is 3. The summed E-state index contributed by atoms with van der Waals surface area (Å²) in [5.74, 6) is 5.82. The predicted octanol–water partition coefficient (Wildman–Crippen LogP) is 2.84. The van der Waals surface area contributed by atoms with E-state index >= 15 is 0 Å². The topological polar surface area (TPSA) is 69.4 Å². The molecular formula is C13H12F3N3O2. The first-order chi connectivity index (χ1) is 9.96. The van der Waals surface area contributed by atoms with Crippen molar-refractivity contribution in [3.8, 4) is 11.5 Å². The molecule has 21 heavy (non-hydrogen) atoms. The Kier molecular flexibility index (Phi) is 4.49. The van der Waals surface area contributed by atoms with Crippen LogP contribution < -0.4 is 20.7 Å². The fourth-order valence-corrected chi connectivity index (χ4v) is 1.54. The van der Waals surface area contributed by atoms with E-state index in [0.717, 1.165) is 0 Å². The molecule has 0 bridgehead atoms. The average Bonchev–Trinajstić information content (AvgIpc) is 2.45. The second-order valence-corrected chi connectivity index (χ2v) is 3.97. The van der Waals surface area contributed by atoms with Gasteiger partial charge in [-0.25, -0.2) is 10.8 Å². The maximum Gasteiger partial charge on any atom is 0.573 e. The molecular weight excluding hydrogens is 287 g/mol. The highest BCUT2D eigenvalue weighted by molar-refractivity contribution is 5.34. The van der Waals surface area contributed by atoms with Crippen LogP contribution in [0.1, 0.15) is 5.69 Å². The van der Waals surface area contributed by atoms with Crippen molar-refractivity contribution in [3.63, 3.8) is 0 Å². The molecule has 2 aromatic rings. The second-order valence-electron chi connectivity index (χ2n) is 3.97. The third-order valence-electron chi connectivity index (χ3n) is 2.40. The molecule has 1 heterocycles. The van der Waals surface area contributed by atoms with E-state index in [1.807, 2.05) is 0 Å². The van der Waals surface area contributed by atoms with Gasteiger partial charge in [0, 0.05) is 0 Å². The summed E-state index contributed by atoms with van der Waals surface area (Å²) >= 11 is 0. The first-order valence-corrected chi connectivity index (χ1v) is 5.87. The lowest BCUT2D eigenvalue weighted by Crippen LogP contribution is -2.16. The van der Waals surface area contributed by atoms with Gasteiger partial charge in [0.15, 0.2) is 0 Å². The zero-order valence-corrected chi connectivity index (χ0v) is 10.7. The maximum atomic E-state index is 12.0. The van der Waals surface area contributed by atoms with E-state index in [9.17, 15) is 13.2 Å².